The molecule has 0 radical (unpaired) electrons. The Morgan fingerprint density at radius 2 is 2.00 bits per heavy atom. The molecule has 0 fully saturated rings. The zero-order valence-electron chi connectivity index (χ0n) is 11.0. The molecule has 19 heavy (non-hydrogen) atoms. The Morgan fingerprint density at radius 1 is 1.26 bits per heavy atom. The first kappa shape index (κ1) is 13.5. The van der Waals surface area contributed by atoms with Gasteiger partial charge in [-0.1, -0.05) is 36.0 Å². The van der Waals surface area contributed by atoms with Crippen molar-refractivity contribution in [2.75, 3.05) is 6.26 Å². The van der Waals surface area contributed by atoms with Crippen LogP contribution in [0.3, 0.4) is 0 Å². The predicted octanol–water partition coefficient (Wildman–Crippen LogP) is 1.86. The normalized spacial score (nSPS) is 11.1. The lowest BCUT2D eigenvalue weighted by Gasteiger charge is -2.04. The lowest BCUT2D eigenvalue weighted by Crippen LogP contribution is -2.23. The number of aromatic nitrogens is 3. The SMILES string of the molecule is CSc1nnc(C)c(=O)n1/N=C\c1ccccc1C. The Kier molecular flexibility index (Phi) is 4.11. The van der Waals surface area contributed by atoms with Gasteiger partial charge in [0, 0.05) is 0 Å². The lowest BCUT2D eigenvalue weighted by molar-refractivity contribution is 0.635. The zero-order valence-corrected chi connectivity index (χ0v) is 11.8. The molecule has 0 bridgehead atoms. The molecule has 2 aromatic rings. The van der Waals surface area contributed by atoms with Gasteiger partial charge < -0.3 is 0 Å². The van der Waals surface area contributed by atoms with Gasteiger partial charge in [0.1, 0.15) is 5.69 Å². The van der Waals surface area contributed by atoms with Crippen molar-refractivity contribution >= 4 is 18.0 Å². The summed E-state index contributed by atoms with van der Waals surface area (Å²) < 4.78 is 1.28. The molecule has 0 saturated carbocycles. The van der Waals surface area contributed by atoms with Gasteiger partial charge in [0.25, 0.3) is 5.56 Å². The Labute approximate surface area is 115 Å². The van der Waals surface area contributed by atoms with Crippen LogP contribution in [0.2, 0.25) is 0 Å². The summed E-state index contributed by atoms with van der Waals surface area (Å²) in [5, 5.41) is 12.5. The van der Waals surface area contributed by atoms with E-state index in [0.29, 0.717) is 10.9 Å². The number of aryl methyl sites for hydroxylation is 2. The molecule has 98 valence electrons. The molecule has 0 aliphatic carbocycles. The number of rotatable bonds is 3. The van der Waals surface area contributed by atoms with Gasteiger partial charge in [-0.3, -0.25) is 4.79 Å². The van der Waals surface area contributed by atoms with Crippen molar-refractivity contribution in [1.82, 2.24) is 14.9 Å². The van der Waals surface area contributed by atoms with Crippen molar-refractivity contribution in [3.05, 3.63) is 51.4 Å². The summed E-state index contributed by atoms with van der Waals surface area (Å²) in [6.07, 6.45) is 3.50. The van der Waals surface area contributed by atoms with E-state index in [1.165, 1.54) is 16.4 Å². The number of benzene rings is 1. The van der Waals surface area contributed by atoms with E-state index < -0.39 is 0 Å². The van der Waals surface area contributed by atoms with Gasteiger partial charge in [0.05, 0.1) is 6.21 Å². The molecule has 1 heterocycles. The molecule has 6 heteroatoms. The molecule has 0 aliphatic heterocycles. The number of hydrogen-bond donors (Lipinski definition) is 0. The second-order valence-electron chi connectivity index (χ2n) is 3.99. The van der Waals surface area contributed by atoms with Gasteiger partial charge in [-0.25, -0.2) is 0 Å². The van der Waals surface area contributed by atoms with Crippen LogP contribution < -0.4 is 5.56 Å². The third-order valence-corrected chi connectivity index (χ3v) is 3.27. The first-order chi connectivity index (χ1) is 9.13. The Morgan fingerprint density at radius 3 is 2.68 bits per heavy atom. The molecule has 0 N–H and O–H groups in total. The van der Waals surface area contributed by atoms with Crippen LogP contribution in [0, 0.1) is 13.8 Å². The Bertz CT molecular complexity index is 679. The molecule has 0 saturated heterocycles. The summed E-state index contributed by atoms with van der Waals surface area (Å²) in [4.78, 5) is 12.0. The smallest absolute Gasteiger partial charge is 0.265 e. The lowest BCUT2D eigenvalue weighted by atomic mass is 10.1. The fraction of sp³-hybridized carbons (Fsp3) is 0.231. The molecule has 5 nitrogen and oxygen atoms in total. The fourth-order valence-electron chi connectivity index (χ4n) is 1.52. The molecular formula is C13H14N4OS. The van der Waals surface area contributed by atoms with Gasteiger partial charge in [0.15, 0.2) is 0 Å². The number of nitrogens with zero attached hydrogens (tertiary/aromatic N) is 4. The monoisotopic (exact) mass is 274 g/mol. The summed E-state index contributed by atoms with van der Waals surface area (Å²) in [6.45, 7) is 3.62. The van der Waals surface area contributed by atoms with E-state index in [4.69, 9.17) is 0 Å². The van der Waals surface area contributed by atoms with Crippen molar-refractivity contribution in [3.63, 3.8) is 0 Å². The molecular weight excluding hydrogens is 260 g/mol. The summed E-state index contributed by atoms with van der Waals surface area (Å²) in [6, 6.07) is 7.84. The van der Waals surface area contributed by atoms with E-state index in [2.05, 4.69) is 15.3 Å². The fourth-order valence-corrected chi connectivity index (χ4v) is 1.95. The zero-order chi connectivity index (χ0) is 13.8. The van der Waals surface area contributed by atoms with E-state index in [1.807, 2.05) is 37.4 Å². The first-order valence-corrected chi connectivity index (χ1v) is 6.96. The highest BCUT2D eigenvalue weighted by atomic mass is 32.2. The topological polar surface area (TPSA) is 60.1 Å². The van der Waals surface area contributed by atoms with E-state index in [9.17, 15) is 4.79 Å². The third-order valence-electron chi connectivity index (χ3n) is 2.65. The summed E-state index contributed by atoms with van der Waals surface area (Å²) in [5.41, 5.74) is 2.16. The molecule has 0 aliphatic rings. The summed E-state index contributed by atoms with van der Waals surface area (Å²) in [7, 11) is 0. The number of thioether (sulfide) groups is 1. The van der Waals surface area contributed by atoms with E-state index >= 15 is 0 Å². The minimum absolute atomic E-state index is 0.246. The maximum absolute atomic E-state index is 12.0. The molecule has 0 unspecified atom stereocenters. The van der Waals surface area contributed by atoms with Crippen LogP contribution in [0.25, 0.3) is 0 Å². The van der Waals surface area contributed by atoms with Crippen LogP contribution in [-0.4, -0.2) is 27.3 Å². The Balaban J connectivity index is 2.47. The molecule has 1 aromatic heterocycles. The van der Waals surface area contributed by atoms with Crippen molar-refractivity contribution in [1.29, 1.82) is 0 Å². The highest BCUT2D eigenvalue weighted by Crippen LogP contribution is 2.08. The molecule has 0 amide bonds. The van der Waals surface area contributed by atoms with Crippen LogP contribution in [-0.2, 0) is 0 Å². The largest absolute Gasteiger partial charge is 0.296 e. The first-order valence-electron chi connectivity index (χ1n) is 5.74. The minimum Gasteiger partial charge on any atom is -0.265 e. The van der Waals surface area contributed by atoms with Crippen molar-refractivity contribution in [3.8, 4) is 0 Å². The average Bonchev–Trinajstić information content (AvgIpc) is 2.42. The van der Waals surface area contributed by atoms with Crippen LogP contribution >= 0.6 is 11.8 Å². The van der Waals surface area contributed by atoms with Crippen molar-refractivity contribution in [2.45, 2.75) is 19.0 Å². The summed E-state index contributed by atoms with van der Waals surface area (Å²) >= 11 is 1.33. The van der Waals surface area contributed by atoms with Crippen LogP contribution in [0.1, 0.15) is 16.8 Å². The average molecular weight is 274 g/mol. The second-order valence-corrected chi connectivity index (χ2v) is 4.76. The minimum atomic E-state index is -0.246. The van der Waals surface area contributed by atoms with E-state index in [0.717, 1.165) is 11.1 Å². The third kappa shape index (κ3) is 2.90. The molecule has 1 aromatic carbocycles. The molecule has 2 rings (SSSR count). The van der Waals surface area contributed by atoms with Gasteiger partial charge in [0.2, 0.25) is 5.16 Å². The van der Waals surface area contributed by atoms with Crippen LogP contribution in [0.5, 0.6) is 0 Å². The van der Waals surface area contributed by atoms with Gasteiger partial charge >= 0.3 is 0 Å². The van der Waals surface area contributed by atoms with Gasteiger partial charge in [-0.2, -0.15) is 9.78 Å². The van der Waals surface area contributed by atoms with E-state index in [-0.39, 0.29) is 5.56 Å². The highest BCUT2D eigenvalue weighted by Gasteiger charge is 2.07. The van der Waals surface area contributed by atoms with Gasteiger partial charge in [-0.05, 0) is 31.2 Å². The van der Waals surface area contributed by atoms with Crippen molar-refractivity contribution in [2.24, 2.45) is 5.10 Å². The second kappa shape index (κ2) is 5.79. The number of hydrogen-bond acceptors (Lipinski definition) is 5. The predicted molar refractivity (Wildman–Crippen MR) is 77.0 cm³/mol. The maximum Gasteiger partial charge on any atom is 0.296 e. The van der Waals surface area contributed by atoms with Crippen LogP contribution in [0.15, 0.2) is 39.3 Å². The van der Waals surface area contributed by atoms with Crippen molar-refractivity contribution < 1.29 is 0 Å². The molecule has 0 atom stereocenters. The highest BCUT2D eigenvalue weighted by molar-refractivity contribution is 7.98. The van der Waals surface area contributed by atoms with Crippen LogP contribution in [0.4, 0.5) is 0 Å². The quantitative estimate of drug-likeness (QED) is 0.633. The van der Waals surface area contributed by atoms with E-state index in [1.54, 1.807) is 13.1 Å². The maximum atomic E-state index is 12.0. The van der Waals surface area contributed by atoms with Gasteiger partial charge in [-0.15, -0.1) is 10.2 Å². The standard InChI is InChI=1S/C13H14N4OS/c1-9-6-4-5-7-11(9)8-14-17-12(18)10(2)15-16-13(17)19-3/h4-8H,1-3H3/b14-8-. The Hall–Kier alpha value is -1.95. The summed E-state index contributed by atoms with van der Waals surface area (Å²) in [5.74, 6) is 0. The molecule has 0 spiro atoms.